The molecular formula is C15H27FN4. The molecule has 0 amide bonds. The van der Waals surface area contributed by atoms with Gasteiger partial charge in [0.2, 0.25) is 0 Å². The van der Waals surface area contributed by atoms with E-state index in [1.54, 1.807) is 13.1 Å². The lowest BCUT2D eigenvalue weighted by Crippen LogP contribution is -2.41. The van der Waals surface area contributed by atoms with Crippen molar-refractivity contribution in [2.45, 2.75) is 39.2 Å². The summed E-state index contributed by atoms with van der Waals surface area (Å²) in [5.41, 5.74) is 1.10. The van der Waals surface area contributed by atoms with E-state index in [2.05, 4.69) is 28.6 Å². The molecule has 0 unspecified atom stereocenters. The molecule has 114 valence electrons. The Bertz CT molecular complexity index is 399. The van der Waals surface area contributed by atoms with E-state index in [0.717, 1.165) is 22.8 Å². The fourth-order valence-electron chi connectivity index (χ4n) is 1.79. The quantitative estimate of drug-likeness (QED) is 0.321. The zero-order chi connectivity index (χ0) is 15.8. The summed E-state index contributed by atoms with van der Waals surface area (Å²) in [6.45, 7) is 13.6. The van der Waals surface area contributed by atoms with Gasteiger partial charge in [-0.1, -0.05) is 19.6 Å². The van der Waals surface area contributed by atoms with Gasteiger partial charge in [0.25, 0.3) is 0 Å². The summed E-state index contributed by atoms with van der Waals surface area (Å²) >= 11 is 0. The molecule has 0 aromatic rings. The van der Waals surface area contributed by atoms with E-state index in [9.17, 15) is 4.48 Å². The number of halogens is 1. The minimum atomic E-state index is -0.477. The van der Waals surface area contributed by atoms with E-state index in [0.29, 0.717) is 18.8 Å². The Balaban J connectivity index is 4.80. The van der Waals surface area contributed by atoms with E-state index in [1.165, 1.54) is 7.05 Å². The van der Waals surface area contributed by atoms with E-state index >= 15 is 0 Å². The topological polar surface area (TPSA) is 40.0 Å². The molecule has 0 aliphatic rings. The van der Waals surface area contributed by atoms with Crippen molar-refractivity contribution < 1.29 is 4.48 Å². The number of hydrogen-bond donors (Lipinski definition) is 1. The van der Waals surface area contributed by atoms with Gasteiger partial charge < -0.3 is 5.32 Å². The minimum absolute atomic E-state index is 0.477. The summed E-state index contributed by atoms with van der Waals surface area (Å²) in [5, 5.41) is 4.00. The first-order chi connectivity index (χ1) is 9.36. The van der Waals surface area contributed by atoms with E-state index in [4.69, 9.17) is 0 Å². The molecule has 1 atom stereocenters. The Morgan fingerprint density at radius 2 is 2.10 bits per heavy atom. The number of aliphatic imine (C=N–C) groups is 2. The molecule has 20 heavy (non-hydrogen) atoms. The van der Waals surface area contributed by atoms with Crippen LogP contribution in [0.2, 0.25) is 0 Å². The normalized spacial score (nSPS) is 16.4. The van der Waals surface area contributed by atoms with Gasteiger partial charge in [-0.05, 0) is 33.4 Å². The molecule has 1 N–H and O–H groups in total. The van der Waals surface area contributed by atoms with Crippen molar-refractivity contribution in [2.75, 3.05) is 20.6 Å². The molecule has 0 aliphatic carbocycles. The highest BCUT2D eigenvalue weighted by Crippen LogP contribution is 2.21. The zero-order valence-electron chi connectivity index (χ0n) is 13.3. The van der Waals surface area contributed by atoms with Crippen molar-refractivity contribution in [1.29, 1.82) is 0 Å². The lowest BCUT2D eigenvalue weighted by atomic mass is 9.94. The van der Waals surface area contributed by atoms with Crippen LogP contribution >= 0.6 is 0 Å². The van der Waals surface area contributed by atoms with Crippen LogP contribution in [0, 0.1) is 0 Å². The molecule has 0 bridgehead atoms. The number of allylic oxidation sites excluding steroid dienone is 1. The van der Waals surface area contributed by atoms with E-state index < -0.39 is 5.54 Å². The molecule has 0 rings (SSSR count). The summed E-state index contributed by atoms with van der Waals surface area (Å²) in [5.74, 6) is 0.699. The van der Waals surface area contributed by atoms with Crippen LogP contribution in [0.4, 0.5) is 4.48 Å². The molecule has 0 spiro atoms. The molecule has 4 nitrogen and oxygen atoms in total. The third kappa shape index (κ3) is 4.89. The van der Waals surface area contributed by atoms with Crippen molar-refractivity contribution >= 4 is 12.6 Å². The highest BCUT2D eigenvalue weighted by Gasteiger charge is 2.27. The summed E-state index contributed by atoms with van der Waals surface area (Å²) < 4.78 is 13.5. The van der Waals surface area contributed by atoms with Crippen molar-refractivity contribution in [3.63, 3.8) is 0 Å². The van der Waals surface area contributed by atoms with Crippen molar-refractivity contribution in [3.8, 4) is 0 Å². The smallest absolute Gasteiger partial charge is 0.129 e. The van der Waals surface area contributed by atoms with Gasteiger partial charge >= 0.3 is 0 Å². The lowest BCUT2D eigenvalue weighted by molar-refractivity contribution is -0.0561. The van der Waals surface area contributed by atoms with Gasteiger partial charge in [-0.15, -0.1) is 9.60 Å². The molecule has 0 heterocycles. The monoisotopic (exact) mass is 282 g/mol. The minimum Gasteiger partial charge on any atom is -0.370 e. The third-order valence-corrected chi connectivity index (χ3v) is 3.77. The SMILES string of the molecule is C=C/C(C(=NC)NCC[C@](C)(CC)N(C)F)=C(\C)N=C. The molecule has 0 saturated heterocycles. The van der Waals surface area contributed by atoms with Gasteiger partial charge in [-0.25, -0.2) is 0 Å². The highest BCUT2D eigenvalue weighted by atomic mass is 19.2. The van der Waals surface area contributed by atoms with E-state index in [-0.39, 0.29) is 0 Å². The first-order valence-corrected chi connectivity index (χ1v) is 6.77. The molecule has 5 heteroatoms. The van der Waals surface area contributed by atoms with Crippen LogP contribution in [-0.2, 0) is 0 Å². The molecule has 0 aromatic carbocycles. The van der Waals surface area contributed by atoms with Crippen LogP contribution in [0.5, 0.6) is 0 Å². The highest BCUT2D eigenvalue weighted by molar-refractivity contribution is 6.01. The van der Waals surface area contributed by atoms with Gasteiger partial charge in [0.15, 0.2) is 0 Å². The van der Waals surface area contributed by atoms with Crippen LogP contribution in [-0.4, -0.2) is 43.9 Å². The van der Waals surface area contributed by atoms with Crippen LogP contribution in [0.25, 0.3) is 0 Å². The molecule has 0 aliphatic heterocycles. The van der Waals surface area contributed by atoms with Crippen LogP contribution < -0.4 is 5.32 Å². The van der Waals surface area contributed by atoms with E-state index in [1.807, 2.05) is 20.8 Å². The second kappa shape index (κ2) is 8.64. The average molecular weight is 282 g/mol. The lowest BCUT2D eigenvalue weighted by Gasteiger charge is -2.32. The van der Waals surface area contributed by atoms with Gasteiger partial charge in [-0.2, -0.15) is 0 Å². The summed E-state index contributed by atoms with van der Waals surface area (Å²) in [6, 6.07) is 0. The maximum absolute atomic E-state index is 13.5. The number of nitrogens with one attached hydrogen (secondary N) is 1. The predicted octanol–water partition coefficient (Wildman–Crippen LogP) is 3.14. The zero-order valence-corrected chi connectivity index (χ0v) is 13.3. The number of nitrogens with zero attached hydrogens (tertiary/aromatic N) is 3. The predicted molar refractivity (Wildman–Crippen MR) is 86.0 cm³/mol. The summed E-state index contributed by atoms with van der Waals surface area (Å²) in [4.78, 5) is 8.10. The molecule has 0 saturated carbocycles. The van der Waals surface area contributed by atoms with Crippen LogP contribution in [0.15, 0.2) is 33.9 Å². The summed E-state index contributed by atoms with van der Waals surface area (Å²) in [7, 11) is 3.15. The second-order valence-electron chi connectivity index (χ2n) is 4.94. The van der Waals surface area contributed by atoms with Gasteiger partial charge in [0.05, 0.1) is 0 Å². The maximum atomic E-state index is 13.5. The summed E-state index contributed by atoms with van der Waals surface area (Å²) in [6.07, 6.45) is 3.10. The Labute approximate surface area is 122 Å². The fourth-order valence-corrected chi connectivity index (χ4v) is 1.79. The van der Waals surface area contributed by atoms with Crippen LogP contribution in [0.1, 0.15) is 33.6 Å². The van der Waals surface area contributed by atoms with Crippen LogP contribution in [0.3, 0.4) is 0 Å². The average Bonchev–Trinajstić information content (AvgIpc) is 2.45. The van der Waals surface area contributed by atoms with Crippen molar-refractivity contribution in [2.24, 2.45) is 9.98 Å². The Morgan fingerprint density at radius 3 is 2.45 bits per heavy atom. The molecular weight excluding hydrogens is 255 g/mol. The van der Waals surface area contributed by atoms with Crippen molar-refractivity contribution in [3.05, 3.63) is 23.9 Å². The van der Waals surface area contributed by atoms with Gasteiger partial charge in [0, 0.05) is 37.4 Å². The van der Waals surface area contributed by atoms with Gasteiger partial charge in [-0.3, -0.25) is 9.98 Å². The standard InChI is InChI=1S/C15H27FN4/c1-8-13(12(3)17-5)14(18-6)19-11-10-15(4,9-2)20(7)16/h8H,1,5,9-11H2,2-4,6-7H3,(H,18,19)/b13-12-/t15-/m0/s1. The first-order valence-electron chi connectivity index (χ1n) is 6.77. The number of amidine groups is 1. The Morgan fingerprint density at radius 1 is 1.50 bits per heavy atom. The Hall–Kier alpha value is -1.49. The van der Waals surface area contributed by atoms with Crippen molar-refractivity contribution in [1.82, 2.24) is 10.4 Å². The first kappa shape index (κ1) is 18.5. The molecule has 0 fully saturated rings. The number of rotatable bonds is 8. The second-order valence-corrected chi connectivity index (χ2v) is 4.94. The fraction of sp³-hybridized carbons (Fsp3) is 0.600. The number of hydrogen-bond acceptors (Lipinski definition) is 3. The maximum Gasteiger partial charge on any atom is 0.129 e. The van der Waals surface area contributed by atoms with Gasteiger partial charge in [0.1, 0.15) is 5.84 Å². The molecule has 0 radical (unpaired) electrons. The molecule has 0 aromatic heterocycles. The third-order valence-electron chi connectivity index (χ3n) is 3.77. The largest absolute Gasteiger partial charge is 0.370 e. The Kier molecular flexibility index (Phi) is 7.99.